The minimum absolute atomic E-state index is 0.0159. The van der Waals surface area contributed by atoms with Crippen molar-refractivity contribution >= 4 is 43.6 Å². The van der Waals surface area contributed by atoms with Crippen molar-refractivity contribution in [2.24, 2.45) is 0 Å². The number of methoxy groups -OCH3 is 1. The largest absolute Gasteiger partial charge is 0.495 e. The van der Waals surface area contributed by atoms with E-state index in [0.29, 0.717) is 15.7 Å². The van der Waals surface area contributed by atoms with E-state index < -0.39 is 27.5 Å². The van der Waals surface area contributed by atoms with Crippen LogP contribution >= 0.6 is 15.9 Å². The summed E-state index contributed by atoms with van der Waals surface area (Å²) in [4.78, 5) is 23.4. The summed E-state index contributed by atoms with van der Waals surface area (Å²) in [6, 6.07) is 10.3. The molecule has 1 aliphatic heterocycles. The second kappa shape index (κ2) is 6.86. The normalized spacial score (nSPS) is 19.4. The lowest BCUT2D eigenvalue weighted by Gasteiger charge is -2.21. The summed E-state index contributed by atoms with van der Waals surface area (Å²) in [5, 5.41) is 4.73. The highest BCUT2D eigenvalue weighted by molar-refractivity contribution is 9.10. The van der Waals surface area contributed by atoms with Crippen LogP contribution in [0.25, 0.3) is 0 Å². The molecule has 3 rings (SSSR count). The van der Waals surface area contributed by atoms with E-state index in [1.807, 2.05) is 0 Å². The molecule has 8 nitrogen and oxygen atoms in total. The third-order valence-corrected chi connectivity index (χ3v) is 6.07. The Morgan fingerprint density at radius 3 is 2.33 bits per heavy atom. The standard InChI is InChI=1S/C17H16BrN3O5S/c1-17(15(22)19-16(23)20-17)10-3-6-12(7-4-10)21-27(24,25)14-9-11(18)5-8-13(14)26-2/h3-9,21H,1-2H3,(H2,19,20,22,23)/t17-/m1/s1. The monoisotopic (exact) mass is 453 g/mol. The molecule has 0 radical (unpaired) electrons. The fraction of sp³-hybridized carbons (Fsp3) is 0.176. The Labute approximate surface area is 164 Å². The first-order valence-corrected chi connectivity index (χ1v) is 10.0. The number of carbonyl (C=O) groups is 2. The molecule has 1 heterocycles. The first kappa shape index (κ1) is 19.2. The van der Waals surface area contributed by atoms with Crippen LogP contribution in [-0.2, 0) is 20.4 Å². The van der Waals surface area contributed by atoms with Gasteiger partial charge in [0.05, 0.1) is 7.11 Å². The fourth-order valence-electron chi connectivity index (χ4n) is 2.69. The zero-order valence-corrected chi connectivity index (χ0v) is 16.8. The predicted octanol–water partition coefficient (Wildman–Crippen LogP) is 2.31. The number of benzene rings is 2. The Morgan fingerprint density at radius 1 is 1.11 bits per heavy atom. The lowest BCUT2D eigenvalue weighted by molar-refractivity contribution is -0.123. The Balaban J connectivity index is 1.88. The van der Waals surface area contributed by atoms with Gasteiger partial charge in [-0.2, -0.15) is 0 Å². The lowest BCUT2D eigenvalue weighted by atomic mass is 9.92. The van der Waals surface area contributed by atoms with E-state index in [1.165, 1.54) is 25.3 Å². The molecule has 0 aliphatic carbocycles. The van der Waals surface area contributed by atoms with E-state index in [-0.39, 0.29) is 10.6 Å². The van der Waals surface area contributed by atoms with Gasteiger partial charge in [-0.25, -0.2) is 13.2 Å². The molecule has 3 N–H and O–H groups in total. The van der Waals surface area contributed by atoms with E-state index in [9.17, 15) is 18.0 Å². The minimum atomic E-state index is -3.90. The number of anilines is 1. The molecule has 0 saturated carbocycles. The number of halogens is 1. The molecule has 1 saturated heterocycles. The zero-order chi connectivity index (χ0) is 19.8. The van der Waals surface area contributed by atoms with Crippen LogP contribution in [0.1, 0.15) is 12.5 Å². The summed E-state index contributed by atoms with van der Waals surface area (Å²) < 4.78 is 33.6. The Kier molecular flexibility index (Phi) is 4.87. The fourth-order valence-corrected chi connectivity index (χ4v) is 4.46. The second-order valence-electron chi connectivity index (χ2n) is 6.01. The van der Waals surface area contributed by atoms with Crippen LogP contribution < -0.4 is 20.1 Å². The van der Waals surface area contributed by atoms with Crippen LogP contribution in [0.2, 0.25) is 0 Å². The van der Waals surface area contributed by atoms with Gasteiger partial charge in [0.25, 0.3) is 15.9 Å². The quantitative estimate of drug-likeness (QED) is 0.601. The third-order valence-electron chi connectivity index (χ3n) is 4.17. The summed E-state index contributed by atoms with van der Waals surface area (Å²) >= 11 is 3.25. The topological polar surface area (TPSA) is 114 Å². The highest BCUT2D eigenvalue weighted by atomic mass is 79.9. The van der Waals surface area contributed by atoms with Gasteiger partial charge in [-0.05, 0) is 42.8 Å². The smallest absolute Gasteiger partial charge is 0.322 e. The maximum atomic E-state index is 12.7. The van der Waals surface area contributed by atoms with Crippen molar-refractivity contribution in [3.05, 3.63) is 52.5 Å². The highest BCUT2D eigenvalue weighted by Gasteiger charge is 2.43. The van der Waals surface area contributed by atoms with Crippen molar-refractivity contribution < 1.29 is 22.7 Å². The van der Waals surface area contributed by atoms with Gasteiger partial charge < -0.3 is 10.1 Å². The van der Waals surface area contributed by atoms with Crippen LogP contribution in [0.4, 0.5) is 10.5 Å². The van der Waals surface area contributed by atoms with Crippen LogP contribution in [0.5, 0.6) is 5.75 Å². The summed E-state index contributed by atoms with van der Waals surface area (Å²) in [6.07, 6.45) is 0. The third kappa shape index (κ3) is 3.62. The van der Waals surface area contributed by atoms with Crippen molar-refractivity contribution in [2.75, 3.05) is 11.8 Å². The number of carbonyl (C=O) groups excluding carboxylic acids is 2. The summed E-state index contributed by atoms with van der Waals surface area (Å²) in [5.74, 6) is -0.264. The van der Waals surface area contributed by atoms with Crippen molar-refractivity contribution in [1.29, 1.82) is 0 Å². The molecule has 1 atom stereocenters. The first-order valence-electron chi connectivity index (χ1n) is 7.76. The van der Waals surface area contributed by atoms with Crippen LogP contribution in [0, 0.1) is 0 Å². The minimum Gasteiger partial charge on any atom is -0.495 e. The molecule has 0 unspecified atom stereocenters. The summed E-state index contributed by atoms with van der Waals surface area (Å²) in [7, 11) is -2.51. The van der Waals surface area contributed by atoms with Crippen LogP contribution in [-0.4, -0.2) is 27.5 Å². The van der Waals surface area contributed by atoms with Gasteiger partial charge in [0.2, 0.25) is 0 Å². The number of hydrogen-bond donors (Lipinski definition) is 3. The van der Waals surface area contributed by atoms with Gasteiger partial charge in [-0.15, -0.1) is 0 Å². The molecular formula is C17H16BrN3O5S. The van der Waals surface area contributed by atoms with Gasteiger partial charge in [0, 0.05) is 10.2 Å². The van der Waals surface area contributed by atoms with E-state index in [1.54, 1.807) is 31.2 Å². The molecule has 27 heavy (non-hydrogen) atoms. The molecule has 0 aromatic heterocycles. The molecule has 2 aromatic rings. The lowest BCUT2D eigenvalue weighted by Crippen LogP contribution is -2.40. The number of urea groups is 1. The Morgan fingerprint density at radius 2 is 1.78 bits per heavy atom. The van der Waals surface area contributed by atoms with E-state index in [4.69, 9.17) is 4.74 Å². The molecular weight excluding hydrogens is 438 g/mol. The molecule has 142 valence electrons. The van der Waals surface area contributed by atoms with Crippen molar-refractivity contribution in [3.63, 3.8) is 0 Å². The molecule has 3 amide bonds. The molecule has 2 aromatic carbocycles. The van der Waals surface area contributed by atoms with Gasteiger partial charge in [-0.1, -0.05) is 28.1 Å². The number of sulfonamides is 1. The van der Waals surface area contributed by atoms with Crippen LogP contribution in [0.15, 0.2) is 51.8 Å². The average Bonchev–Trinajstić information content (AvgIpc) is 2.88. The molecule has 1 fully saturated rings. The molecule has 0 bridgehead atoms. The average molecular weight is 454 g/mol. The zero-order valence-electron chi connectivity index (χ0n) is 14.4. The van der Waals surface area contributed by atoms with Crippen molar-refractivity contribution in [2.45, 2.75) is 17.4 Å². The van der Waals surface area contributed by atoms with Gasteiger partial charge in [0.15, 0.2) is 0 Å². The number of imide groups is 1. The first-order chi connectivity index (χ1) is 12.7. The Bertz CT molecular complexity index is 1020. The maximum absolute atomic E-state index is 12.7. The van der Waals surface area contributed by atoms with E-state index in [0.717, 1.165) is 0 Å². The number of hydrogen-bond acceptors (Lipinski definition) is 5. The predicted molar refractivity (Wildman–Crippen MR) is 102 cm³/mol. The number of ether oxygens (including phenoxy) is 1. The number of nitrogens with one attached hydrogen (secondary N) is 3. The molecule has 10 heteroatoms. The summed E-state index contributed by atoms with van der Waals surface area (Å²) in [5.41, 5.74) is -0.384. The van der Waals surface area contributed by atoms with Crippen LogP contribution in [0.3, 0.4) is 0 Å². The van der Waals surface area contributed by atoms with Crippen molar-refractivity contribution in [3.8, 4) is 5.75 Å². The van der Waals surface area contributed by atoms with E-state index >= 15 is 0 Å². The molecule has 1 aliphatic rings. The second-order valence-corrected chi connectivity index (χ2v) is 8.58. The highest BCUT2D eigenvalue weighted by Crippen LogP contribution is 2.30. The van der Waals surface area contributed by atoms with Crippen molar-refractivity contribution in [1.82, 2.24) is 10.6 Å². The number of rotatable bonds is 5. The SMILES string of the molecule is COc1ccc(Br)cc1S(=O)(=O)Nc1ccc([C@@]2(C)NC(=O)NC2=O)cc1. The van der Waals surface area contributed by atoms with E-state index in [2.05, 4.69) is 31.3 Å². The van der Waals surface area contributed by atoms with Gasteiger partial charge in [0.1, 0.15) is 16.2 Å². The van der Waals surface area contributed by atoms with Gasteiger partial charge >= 0.3 is 6.03 Å². The van der Waals surface area contributed by atoms with Gasteiger partial charge in [-0.3, -0.25) is 14.8 Å². The summed E-state index contributed by atoms with van der Waals surface area (Å²) in [6.45, 7) is 1.57. The maximum Gasteiger partial charge on any atom is 0.322 e. The Hall–Kier alpha value is -2.59. The number of amides is 3. The molecule has 0 spiro atoms.